The number of nitrogens with zero attached hydrogens (tertiary/aromatic N) is 2. The van der Waals surface area contributed by atoms with Crippen molar-refractivity contribution >= 4 is 16.9 Å². The van der Waals surface area contributed by atoms with Crippen molar-refractivity contribution in [2.24, 2.45) is 5.92 Å². The first kappa shape index (κ1) is 16.1. The Bertz CT molecular complexity index is 761. The summed E-state index contributed by atoms with van der Waals surface area (Å²) in [6.07, 6.45) is 1.29. The lowest BCUT2D eigenvalue weighted by molar-refractivity contribution is -0.141. The number of aliphatic carboxylic acids is 1. The second kappa shape index (κ2) is 6.00. The molecule has 4 heteroatoms. The van der Waals surface area contributed by atoms with Crippen LogP contribution in [0.1, 0.15) is 42.7 Å². The second-order valence-electron chi connectivity index (χ2n) is 6.77. The molecule has 124 valence electrons. The average molecular weight is 314 g/mol. The zero-order chi connectivity index (χ0) is 16.7. The number of carbonyl (C=O) groups is 1. The molecule has 0 bridgehead atoms. The van der Waals surface area contributed by atoms with E-state index in [-0.39, 0.29) is 5.92 Å². The van der Waals surface area contributed by atoms with Crippen LogP contribution in [0.2, 0.25) is 0 Å². The van der Waals surface area contributed by atoms with Gasteiger partial charge in [-0.3, -0.25) is 9.69 Å². The van der Waals surface area contributed by atoms with Crippen molar-refractivity contribution in [1.29, 1.82) is 0 Å². The molecule has 0 amide bonds. The van der Waals surface area contributed by atoms with E-state index in [9.17, 15) is 9.90 Å². The summed E-state index contributed by atoms with van der Waals surface area (Å²) in [6.45, 7) is 9.15. The van der Waals surface area contributed by atoms with Gasteiger partial charge in [-0.1, -0.05) is 6.92 Å². The molecule has 1 N–H and O–H groups in total. The van der Waals surface area contributed by atoms with E-state index in [1.165, 1.54) is 33.3 Å². The molecule has 4 nitrogen and oxygen atoms in total. The monoisotopic (exact) mass is 314 g/mol. The fourth-order valence-electron chi connectivity index (χ4n) is 3.93. The van der Waals surface area contributed by atoms with Gasteiger partial charge in [-0.2, -0.15) is 0 Å². The topological polar surface area (TPSA) is 45.5 Å². The van der Waals surface area contributed by atoms with Crippen molar-refractivity contribution in [2.45, 2.75) is 53.2 Å². The molecule has 1 aliphatic heterocycles. The van der Waals surface area contributed by atoms with Crippen molar-refractivity contribution in [1.82, 2.24) is 9.47 Å². The highest BCUT2D eigenvalue weighted by Crippen LogP contribution is 2.34. The van der Waals surface area contributed by atoms with Crippen LogP contribution < -0.4 is 0 Å². The highest BCUT2D eigenvalue weighted by molar-refractivity contribution is 5.88. The number of fused-ring (bicyclic) bond motifs is 2. The van der Waals surface area contributed by atoms with Crippen LogP contribution in [0.25, 0.3) is 10.9 Å². The van der Waals surface area contributed by atoms with Gasteiger partial charge in [0.1, 0.15) is 0 Å². The number of aromatic nitrogens is 1. The quantitative estimate of drug-likeness (QED) is 0.917. The number of carboxylic acids is 1. The van der Waals surface area contributed by atoms with E-state index in [1.807, 2.05) is 6.92 Å². The Morgan fingerprint density at radius 3 is 2.48 bits per heavy atom. The third-order valence-corrected chi connectivity index (χ3v) is 5.26. The summed E-state index contributed by atoms with van der Waals surface area (Å²) in [5.74, 6) is -0.995. The molecule has 1 aromatic heterocycles. The Labute approximate surface area is 137 Å². The maximum absolute atomic E-state index is 11.5. The highest BCUT2D eigenvalue weighted by Gasteiger charge is 2.24. The molecule has 0 aliphatic carbocycles. The predicted octanol–water partition coefficient (Wildman–Crippen LogP) is 3.57. The number of carboxylic acid groups (broad SMARTS) is 1. The van der Waals surface area contributed by atoms with Crippen molar-refractivity contribution in [3.8, 4) is 0 Å². The summed E-state index contributed by atoms with van der Waals surface area (Å²) in [4.78, 5) is 13.8. The smallest absolute Gasteiger partial charge is 0.306 e. The number of rotatable bonds is 5. The van der Waals surface area contributed by atoms with Crippen LogP contribution in [-0.2, 0) is 30.8 Å². The normalized spacial score (nSPS) is 16.0. The lowest BCUT2D eigenvalue weighted by Gasteiger charge is -2.10. The van der Waals surface area contributed by atoms with Crippen molar-refractivity contribution in [2.75, 3.05) is 7.05 Å². The van der Waals surface area contributed by atoms with Crippen molar-refractivity contribution in [3.05, 3.63) is 34.5 Å². The Balaban J connectivity index is 2.15. The third kappa shape index (κ3) is 2.65. The lowest BCUT2D eigenvalue weighted by Crippen LogP contribution is -2.15. The maximum atomic E-state index is 11.5. The van der Waals surface area contributed by atoms with Crippen LogP contribution in [0.5, 0.6) is 0 Å². The molecule has 0 saturated heterocycles. The largest absolute Gasteiger partial charge is 0.481 e. The molecular formula is C19H26N2O2. The number of benzene rings is 1. The minimum absolute atomic E-state index is 0.305. The van der Waals surface area contributed by atoms with Gasteiger partial charge in [0.25, 0.3) is 0 Å². The molecule has 1 aliphatic rings. The Morgan fingerprint density at radius 2 is 1.91 bits per heavy atom. The minimum atomic E-state index is -0.690. The fourth-order valence-corrected chi connectivity index (χ4v) is 3.93. The zero-order valence-electron chi connectivity index (χ0n) is 14.5. The third-order valence-electron chi connectivity index (χ3n) is 5.26. The van der Waals surface area contributed by atoms with Crippen LogP contribution >= 0.6 is 0 Å². The first-order valence-electron chi connectivity index (χ1n) is 8.51. The second-order valence-corrected chi connectivity index (χ2v) is 6.77. The van der Waals surface area contributed by atoms with Crippen molar-refractivity contribution < 1.29 is 9.90 Å². The van der Waals surface area contributed by atoms with Crippen LogP contribution in [0.3, 0.4) is 0 Å². The van der Waals surface area contributed by atoms with E-state index in [0.29, 0.717) is 12.8 Å². The van der Waals surface area contributed by atoms with E-state index in [4.69, 9.17) is 0 Å². The van der Waals surface area contributed by atoms with E-state index in [0.717, 1.165) is 19.6 Å². The molecule has 1 unspecified atom stereocenters. The fraction of sp³-hybridized carbons (Fsp3) is 0.526. The molecular weight excluding hydrogens is 288 g/mol. The lowest BCUT2D eigenvalue weighted by atomic mass is 9.94. The van der Waals surface area contributed by atoms with Crippen LogP contribution in [-0.4, -0.2) is 27.6 Å². The molecule has 1 aromatic carbocycles. The SMILES string of the molecule is CCC(Cc1c(C)n(CC)c2cc3c(cc12)CN(C)C3)C(=O)O. The molecule has 3 rings (SSSR count). The van der Waals surface area contributed by atoms with E-state index in [1.54, 1.807) is 0 Å². The van der Waals surface area contributed by atoms with Crippen LogP contribution in [0.15, 0.2) is 12.1 Å². The summed E-state index contributed by atoms with van der Waals surface area (Å²) < 4.78 is 2.33. The van der Waals surface area contributed by atoms with Gasteiger partial charge < -0.3 is 9.67 Å². The van der Waals surface area contributed by atoms with E-state index in [2.05, 4.69) is 42.5 Å². The van der Waals surface area contributed by atoms with Crippen LogP contribution in [0.4, 0.5) is 0 Å². The van der Waals surface area contributed by atoms with Gasteiger partial charge >= 0.3 is 5.97 Å². The van der Waals surface area contributed by atoms with Gasteiger partial charge in [-0.15, -0.1) is 0 Å². The molecule has 2 aromatic rings. The van der Waals surface area contributed by atoms with E-state index < -0.39 is 5.97 Å². The molecule has 0 spiro atoms. The van der Waals surface area contributed by atoms with Crippen LogP contribution in [0, 0.1) is 12.8 Å². The molecule has 0 fully saturated rings. The molecule has 2 heterocycles. The van der Waals surface area contributed by atoms with Gasteiger partial charge in [0.15, 0.2) is 0 Å². The summed E-state index contributed by atoms with van der Waals surface area (Å²) in [5.41, 5.74) is 6.49. The highest BCUT2D eigenvalue weighted by atomic mass is 16.4. The first-order chi connectivity index (χ1) is 11.0. The number of aryl methyl sites for hydroxylation is 1. The van der Waals surface area contributed by atoms with E-state index >= 15 is 0 Å². The van der Waals surface area contributed by atoms with Crippen molar-refractivity contribution in [3.63, 3.8) is 0 Å². The Morgan fingerprint density at radius 1 is 1.26 bits per heavy atom. The summed E-state index contributed by atoms with van der Waals surface area (Å²) in [6, 6.07) is 4.62. The summed E-state index contributed by atoms with van der Waals surface area (Å²) in [7, 11) is 2.14. The Kier molecular flexibility index (Phi) is 4.19. The average Bonchev–Trinajstić information content (AvgIpc) is 2.98. The predicted molar refractivity (Wildman–Crippen MR) is 92.6 cm³/mol. The van der Waals surface area contributed by atoms with Gasteiger partial charge in [0.2, 0.25) is 0 Å². The maximum Gasteiger partial charge on any atom is 0.306 e. The van der Waals surface area contributed by atoms with Gasteiger partial charge in [0, 0.05) is 36.2 Å². The zero-order valence-corrected chi connectivity index (χ0v) is 14.5. The van der Waals surface area contributed by atoms with Gasteiger partial charge in [-0.05, 0) is 62.6 Å². The molecule has 1 atom stereocenters. The summed E-state index contributed by atoms with van der Waals surface area (Å²) >= 11 is 0. The molecule has 23 heavy (non-hydrogen) atoms. The van der Waals surface area contributed by atoms with Gasteiger partial charge in [-0.25, -0.2) is 0 Å². The summed E-state index contributed by atoms with van der Waals surface area (Å²) in [5, 5.41) is 10.7. The first-order valence-corrected chi connectivity index (χ1v) is 8.51. The van der Waals surface area contributed by atoms with Gasteiger partial charge in [0.05, 0.1) is 5.92 Å². The standard InChI is InChI=1S/C19H26N2O2/c1-5-13(19(22)23)7-16-12(3)21(6-2)18-9-15-11-20(4)10-14(15)8-17(16)18/h8-9,13H,5-7,10-11H2,1-4H3,(H,22,23). The Hall–Kier alpha value is -1.81. The number of hydrogen-bond acceptors (Lipinski definition) is 2. The number of hydrogen-bond donors (Lipinski definition) is 1. The molecule has 0 saturated carbocycles. The molecule has 0 radical (unpaired) electrons. The minimum Gasteiger partial charge on any atom is -0.481 e.